The van der Waals surface area contributed by atoms with Gasteiger partial charge in [0.05, 0.1) is 17.7 Å². The SMILES string of the molecule is C[C@H](O)CC(C)(C)CNC(=O)NCc1cccc(C#N)c1. The van der Waals surface area contributed by atoms with Gasteiger partial charge in [0.1, 0.15) is 0 Å². The van der Waals surface area contributed by atoms with Crippen LogP contribution in [0.1, 0.15) is 38.3 Å². The summed E-state index contributed by atoms with van der Waals surface area (Å²) in [6.07, 6.45) is 0.232. The number of hydrogen-bond acceptors (Lipinski definition) is 3. The van der Waals surface area contributed by atoms with Crippen LogP contribution in [0.25, 0.3) is 0 Å². The summed E-state index contributed by atoms with van der Waals surface area (Å²) in [4.78, 5) is 11.8. The molecule has 21 heavy (non-hydrogen) atoms. The highest BCUT2D eigenvalue weighted by atomic mass is 16.3. The van der Waals surface area contributed by atoms with Gasteiger partial charge in [-0.3, -0.25) is 0 Å². The van der Waals surface area contributed by atoms with E-state index >= 15 is 0 Å². The molecule has 2 amide bonds. The molecule has 0 spiro atoms. The quantitative estimate of drug-likeness (QED) is 0.750. The minimum Gasteiger partial charge on any atom is -0.393 e. The maximum absolute atomic E-state index is 11.8. The molecule has 0 saturated heterocycles. The highest BCUT2D eigenvalue weighted by Crippen LogP contribution is 2.20. The van der Waals surface area contributed by atoms with Gasteiger partial charge in [-0.15, -0.1) is 0 Å². The summed E-state index contributed by atoms with van der Waals surface area (Å²) in [6.45, 7) is 6.59. The van der Waals surface area contributed by atoms with Gasteiger partial charge in [-0.1, -0.05) is 26.0 Å². The Labute approximate surface area is 126 Å². The Hall–Kier alpha value is -2.06. The van der Waals surface area contributed by atoms with Crippen LogP contribution >= 0.6 is 0 Å². The van der Waals surface area contributed by atoms with Crippen LogP contribution in [0, 0.1) is 16.7 Å². The van der Waals surface area contributed by atoms with Gasteiger partial charge in [0.2, 0.25) is 0 Å². The molecule has 1 atom stereocenters. The van der Waals surface area contributed by atoms with Gasteiger partial charge in [0.25, 0.3) is 0 Å². The number of benzene rings is 1. The summed E-state index contributed by atoms with van der Waals surface area (Å²) in [5, 5.41) is 23.8. The van der Waals surface area contributed by atoms with E-state index in [-0.39, 0.29) is 11.4 Å². The lowest BCUT2D eigenvalue weighted by atomic mass is 9.87. The van der Waals surface area contributed by atoms with Crippen LogP contribution in [0.3, 0.4) is 0 Å². The molecule has 0 unspecified atom stereocenters. The zero-order valence-corrected chi connectivity index (χ0v) is 12.8. The van der Waals surface area contributed by atoms with E-state index in [1.807, 2.05) is 19.9 Å². The fraction of sp³-hybridized carbons (Fsp3) is 0.500. The third-order valence-electron chi connectivity index (χ3n) is 3.08. The summed E-state index contributed by atoms with van der Waals surface area (Å²) < 4.78 is 0. The smallest absolute Gasteiger partial charge is 0.315 e. The number of amides is 2. The van der Waals surface area contributed by atoms with E-state index in [1.165, 1.54) is 0 Å². The Kier molecular flexibility index (Phi) is 6.19. The molecule has 0 fully saturated rings. The van der Waals surface area contributed by atoms with E-state index in [9.17, 15) is 9.90 Å². The van der Waals surface area contributed by atoms with Crippen molar-refractivity contribution in [1.29, 1.82) is 5.26 Å². The maximum atomic E-state index is 11.8. The van der Waals surface area contributed by atoms with Crippen molar-refractivity contribution >= 4 is 6.03 Å². The van der Waals surface area contributed by atoms with Gasteiger partial charge in [-0.2, -0.15) is 5.26 Å². The van der Waals surface area contributed by atoms with Crippen LogP contribution in [-0.4, -0.2) is 23.8 Å². The first-order valence-electron chi connectivity index (χ1n) is 7.01. The van der Waals surface area contributed by atoms with E-state index < -0.39 is 6.10 Å². The molecule has 0 aliphatic heterocycles. The lowest BCUT2D eigenvalue weighted by Gasteiger charge is -2.26. The molecular formula is C16H23N3O2. The number of carbonyl (C=O) groups is 1. The van der Waals surface area contributed by atoms with E-state index in [2.05, 4.69) is 16.7 Å². The van der Waals surface area contributed by atoms with Crippen LogP contribution in [0.5, 0.6) is 0 Å². The summed E-state index contributed by atoms with van der Waals surface area (Å²) in [5.41, 5.74) is 1.30. The topological polar surface area (TPSA) is 85.2 Å². The van der Waals surface area contributed by atoms with Gasteiger partial charge in [-0.05, 0) is 36.5 Å². The molecule has 0 aliphatic rings. The highest BCUT2D eigenvalue weighted by Gasteiger charge is 2.20. The maximum Gasteiger partial charge on any atom is 0.315 e. The zero-order chi connectivity index (χ0) is 15.9. The molecule has 1 aromatic rings. The van der Waals surface area contributed by atoms with E-state index in [0.717, 1.165) is 5.56 Å². The zero-order valence-electron chi connectivity index (χ0n) is 12.8. The van der Waals surface area contributed by atoms with Crippen molar-refractivity contribution in [2.45, 2.75) is 39.8 Å². The molecule has 0 saturated carbocycles. The second kappa shape index (κ2) is 7.65. The van der Waals surface area contributed by atoms with Gasteiger partial charge in [0.15, 0.2) is 0 Å². The van der Waals surface area contributed by atoms with Crippen LogP contribution in [0.2, 0.25) is 0 Å². The standard InChI is InChI=1S/C16H23N3O2/c1-12(20)8-16(2,3)11-19-15(21)18-10-14-6-4-5-13(7-14)9-17/h4-7,12,20H,8,10-11H2,1-3H3,(H2,18,19,21)/t12-/m0/s1. The van der Waals surface area contributed by atoms with Crippen molar-refractivity contribution in [3.63, 3.8) is 0 Å². The minimum atomic E-state index is -0.390. The van der Waals surface area contributed by atoms with Crippen molar-refractivity contribution in [3.05, 3.63) is 35.4 Å². The molecule has 0 bridgehead atoms. The normalized spacial score (nSPS) is 12.3. The predicted octanol–water partition coefficient (Wildman–Crippen LogP) is 2.15. The molecule has 114 valence electrons. The fourth-order valence-electron chi connectivity index (χ4n) is 2.19. The molecule has 0 heterocycles. The molecule has 0 radical (unpaired) electrons. The molecule has 0 aromatic heterocycles. The summed E-state index contributed by atoms with van der Waals surface area (Å²) in [7, 11) is 0. The number of aliphatic hydroxyl groups excluding tert-OH is 1. The van der Waals surface area contributed by atoms with Gasteiger partial charge in [-0.25, -0.2) is 4.79 Å². The summed E-state index contributed by atoms with van der Waals surface area (Å²) in [6, 6.07) is 8.94. The number of hydrogen-bond donors (Lipinski definition) is 3. The molecule has 5 nitrogen and oxygen atoms in total. The van der Waals surface area contributed by atoms with Crippen LogP contribution < -0.4 is 10.6 Å². The van der Waals surface area contributed by atoms with Crippen LogP contribution in [-0.2, 0) is 6.54 Å². The van der Waals surface area contributed by atoms with Crippen molar-refractivity contribution in [2.24, 2.45) is 5.41 Å². The second-order valence-electron chi connectivity index (χ2n) is 6.07. The van der Waals surface area contributed by atoms with Crippen LogP contribution in [0.15, 0.2) is 24.3 Å². The summed E-state index contributed by atoms with van der Waals surface area (Å²) >= 11 is 0. The Balaban J connectivity index is 2.39. The minimum absolute atomic E-state index is 0.160. The predicted molar refractivity (Wildman–Crippen MR) is 81.5 cm³/mol. The Morgan fingerprint density at radius 2 is 2.14 bits per heavy atom. The molecular weight excluding hydrogens is 266 g/mol. The highest BCUT2D eigenvalue weighted by molar-refractivity contribution is 5.73. The molecule has 5 heteroatoms. The number of nitrogens with one attached hydrogen (secondary N) is 2. The number of rotatable bonds is 6. The van der Waals surface area contributed by atoms with Gasteiger partial charge >= 0.3 is 6.03 Å². The van der Waals surface area contributed by atoms with Crippen molar-refractivity contribution in [2.75, 3.05) is 6.54 Å². The lowest BCUT2D eigenvalue weighted by molar-refractivity contribution is 0.129. The first-order chi connectivity index (χ1) is 9.82. The van der Waals surface area contributed by atoms with Gasteiger partial charge < -0.3 is 15.7 Å². The third kappa shape index (κ3) is 6.77. The number of nitrogens with zero attached hydrogens (tertiary/aromatic N) is 1. The lowest BCUT2D eigenvalue weighted by Crippen LogP contribution is -2.41. The second-order valence-corrected chi connectivity index (χ2v) is 6.07. The van der Waals surface area contributed by atoms with E-state index in [4.69, 9.17) is 5.26 Å². The molecule has 1 aromatic carbocycles. The third-order valence-corrected chi connectivity index (χ3v) is 3.08. The average molecular weight is 289 g/mol. The Morgan fingerprint density at radius 1 is 1.43 bits per heavy atom. The van der Waals surface area contributed by atoms with E-state index in [0.29, 0.717) is 25.1 Å². The first kappa shape index (κ1) is 17.0. The number of carbonyl (C=O) groups excluding carboxylic acids is 1. The number of nitriles is 1. The molecule has 0 aliphatic carbocycles. The fourth-order valence-corrected chi connectivity index (χ4v) is 2.19. The van der Waals surface area contributed by atoms with Crippen molar-refractivity contribution < 1.29 is 9.90 Å². The number of urea groups is 1. The van der Waals surface area contributed by atoms with Crippen molar-refractivity contribution in [3.8, 4) is 6.07 Å². The molecule has 3 N–H and O–H groups in total. The van der Waals surface area contributed by atoms with Gasteiger partial charge in [0, 0.05) is 13.1 Å². The average Bonchev–Trinajstić information content (AvgIpc) is 2.42. The van der Waals surface area contributed by atoms with E-state index in [1.54, 1.807) is 25.1 Å². The van der Waals surface area contributed by atoms with Crippen molar-refractivity contribution in [1.82, 2.24) is 10.6 Å². The Morgan fingerprint density at radius 3 is 2.76 bits per heavy atom. The summed E-state index contributed by atoms with van der Waals surface area (Å²) in [5.74, 6) is 0. The molecule has 1 rings (SSSR count). The Bertz CT molecular complexity index is 518. The monoisotopic (exact) mass is 289 g/mol. The van der Waals surface area contributed by atoms with Crippen LogP contribution in [0.4, 0.5) is 4.79 Å². The first-order valence-corrected chi connectivity index (χ1v) is 7.01. The largest absolute Gasteiger partial charge is 0.393 e. The number of aliphatic hydroxyl groups is 1.